The quantitative estimate of drug-likeness (QED) is 0.750. The van der Waals surface area contributed by atoms with E-state index in [0.717, 1.165) is 55.9 Å². The molecule has 1 aromatic rings. The van der Waals surface area contributed by atoms with Gasteiger partial charge in [-0.15, -0.1) is 0 Å². The number of likely N-dealkylation sites (tertiary alicyclic amines) is 1. The summed E-state index contributed by atoms with van der Waals surface area (Å²) in [7, 11) is 0. The van der Waals surface area contributed by atoms with E-state index in [0.29, 0.717) is 6.61 Å². The largest absolute Gasteiger partial charge is 0.492 e. The Hall–Kier alpha value is -1.98. The smallest absolute Gasteiger partial charge is 0.220 e. The van der Waals surface area contributed by atoms with Crippen molar-refractivity contribution in [1.82, 2.24) is 4.90 Å². The number of primary amides is 1. The van der Waals surface area contributed by atoms with Crippen molar-refractivity contribution in [2.24, 2.45) is 11.7 Å². The molecular weight excluding hydrogens is 344 g/mol. The van der Waals surface area contributed by atoms with Crippen LogP contribution in [0.5, 0.6) is 5.75 Å². The molecule has 0 bridgehead atoms. The maximum Gasteiger partial charge on any atom is 0.220 e. The van der Waals surface area contributed by atoms with Crippen LogP contribution in [0.4, 0.5) is 0 Å². The van der Waals surface area contributed by atoms with Crippen LogP contribution >= 0.6 is 12.2 Å². The lowest BCUT2D eigenvalue weighted by atomic mass is 9.96. The summed E-state index contributed by atoms with van der Waals surface area (Å²) in [5.41, 5.74) is 7.89. The second-order valence-electron chi connectivity index (χ2n) is 6.98. The van der Waals surface area contributed by atoms with Crippen molar-refractivity contribution in [2.45, 2.75) is 25.7 Å². The van der Waals surface area contributed by atoms with E-state index in [1.807, 2.05) is 12.1 Å². The molecular formula is C21H26N2O2S. The lowest BCUT2D eigenvalue weighted by Crippen LogP contribution is -2.40. The van der Waals surface area contributed by atoms with Crippen LogP contribution in [0.25, 0.3) is 0 Å². The van der Waals surface area contributed by atoms with Gasteiger partial charge in [-0.05, 0) is 61.7 Å². The van der Waals surface area contributed by atoms with E-state index in [4.69, 9.17) is 22.7 Å². The minimum atomic E-state index is -0.165. The number of rotatable bonds is 7. The van der Waals surface area contributed by atoms with E-state index in [2.05, 4.69) is 35.3 Å². The zero-order valence-corrected chi connectivity index (χ0v) is 15.8. The number of ether oxygens (including phenoxy) is 1. The molecule has 0 aromatic heterocycles. The van der Waals surface area contributed by atoms with Crippen LogP contribution in [0, 0.1) is 5.92 Å². The molecule has 4 nitrogen and oxygen atoms in total. The average molecular weight is 371 g/mol. The fraction of sp³-hybridized carbons (Fsp3) is 0.429. The summed E-state index contributed by atoms with van der Waals surface area (Å²) in [6, 6.07) is 8.28. The number of hydrogen-bond acceptors (Lipinski definition) is 4. The lowest BCUT2D eigenvalue weighted by Gasteiger charge is -2.30. The first-order chi connectivity index (χ1) is 12.6. The fourth-order valence-electron chi connectivity index (χ4n) is 3.42. The monoisotopic (exact) mass is 370 g/mol. The molecule has 1 amide bonds. The van der Waals surface area contributed by atoms with Gasteiger partial charge in [0.1, 0.15) is 12.4 Å². The van der Waals surface area contributed by atoms with Crippen molar-refractivity contribution < 1.29 is 9.53 Å². The summed E-state index contributed by atoms with van der Waals surface area (Å²) < 4.78 is 5.86. The first kappa shape index (κ1) is 18.8. The van der Waals surface area contributed by atoms with Gasteiger partial charge >= 0.3 is 0 Å². The van der Waals surface area contributed by atoms with Crippen LogP contribution in [0.2, 0.25) is 0 Å². The van der Waals surface area contributed by atoms with E-state index < -0.39 is 0 Å². The number of allylic oxidation sites excluding steroid dienone is 4. The molecule has 1 fully saturated rings. The van der Waals surface area contributed by atoms with Gasteiger partial charge in [0.2, 0.25) is 5.91 Å². The van der Waals surface area contributed by atoms with E-state index in [-0.39, 0.29) is 11.8 Å². The first-order valence-corrected chi connectivity index (χ1v) is 9.64. The van der Waals surface area contributed by atoms with E-state index in [1.165, 1.54) is 11.1 Å². The molecule has 1 aromatic carbocycles. The van der Waals surface area contributed by atoms with Gasteiger partial charge in [-0.2, -0.15) is 0 Å². The van der Waals surface area contributed by atoms with Crippen molar-refractivity contribution in [1.29, 1.82) is 0 Å². The molecule has 1 saturated heterocycles. The Morgan fingerprint density at radius 1 is 1.23 bits per heavy atom. The van der Waals surface area contributed by atoms with Crippen LogP contribution in [-0.2, 0) is 11.2 Å². The van der Waals surface area contributed by atoms with E-state index in [9.17, 15) is 4.79 Å². The standard InChI is InChI=1S/C21H26N2O2S/c22-21(24)18-8-10-23(11-9-18)12-13-25-19-6-4-16(5-7-19)14-17-2-1-3-20(26)15-17/h1-2,4-7,15,18H,3,8-14H2,(H2,22,24). The van der Waals surface area contributed by atoms with Gasteiger partial charge in [-0.3, -0.25) is 9.69 Å². The number of benzene rings is 1. The van der Waals surface area contributed by atoms with Gasteiger partial charge in [0.25, 0.3) is 0 Å². The number of piperidine rings is 1. The highest BCUT2D eigenvalue weighted by Crippen LogP contribution is 2.19. The molecule has 138 valence electrons. The predicted octanol–water partition coefficient (Wildman–Crippen LogP) is 3.06. The van der Waals surface area contributed by atoms with Gasteiger partial charge in [-0.1, -0.05) is 36.5 Å². The number of amides is 1. The molecule has 5 heteroatoms. The van der Waals surface area contributed by atoms with E-state index in [1.54, 1.807) is 0 Å². The van der Waals surface area contributed by atoms with Crippen LogP contribution in [0.15, 0.2) is 48.1 Å². The minimum absolute atomic E-state index is 0.0446. The summed E-state index contributed by atoms with van der Waals surface area (Å²) >= 11 is 5.27. The second kappa shape index (κ2) is 9.10. The van der Waals surface area contributed by atoms with Crippen molar-refractivity contribution in [3.63, 3.8) is 0 Å². The fourth-order valence-corrected chi connectivity index (χ4v) is 3.67. The Morgan fingerprint density at radius 2 is 1.96 bits per heavy atom. The van der Waals surface area contributed by atoms with Crippen molar-refractivity contribution in [2.75, 3.05) is 26.2 Å². The highest BCUT2D eigenvalue weighted by molar-refractivity contribution is 7.80. The van der Waals surface area contributed by atoms with Crippen molar-refractivity contribution in [3.05, 3.63) is 53.6 Å². The summed E-state index contributed by atoms with van der Waals surface area (Å²) in [6.45, 7) is 3.37. The maximum atomic E-state index is 11.2. The molecule has 0 saturated carbocycles. The van der Waals surface area contributed by atoms with E-state index >= 15 is 0 Å². The molecule has 1 heterocycles. The number of carbonyl (C=O) groups excluding carboxylic acids is 1. The zero-order valence-electron chi connectivity index (χ0n) is 15.0. The Kier molecular flexibility index (Phi) is 6.58. The number of carbonyl (C=O) groups is 1. The summed E-state index contributed by atoms with van der Waals surface area (Å²) in [4.78, 5) is 14.5. The van der Waals surface area contributed by atoms with Crippen molar-refractivity contribution in [3.8, 4) is 5.75 Å². The summed E-state index contributed by atoms with van der Waals surface area (Å²) in [5, 5.41) is 0. The lowest BCUT2D eigenvalue weighted by molar-refractivity contribution is -0.123. The molecule has 3 rings (SSSR count). The Bertz CT molecular complexity index is 701. The van der Waals surface area contributed by atoms with Gasteiger partial charge in [0.05, 0.1) is 0 Å². The molecule has 0 unspecified atom stereocenters. The minimum Gasteiger partial charge on any atom is -0.492 e. The number of nitrogens with zero attached hydrogens (tertiary/aromatic N) is 1. The number of nitrogens with two attached hydrogens (primary N) is 1. The molecule has 26 heavy (non-hydrogen) atoms. The van der Waals surface area contributed by atoms with Gasteiger partial charge in [0.15, 0.2) is 0 Å². The van der Waals surface area contributed by atoms with Gasteiger partial charge < -0.3 is 10.5 Å². The third-order valence-electron chi connectivity index (χ3n) is 5.00. The third kappa shape index (κ3) is 5.51. The Morgan fingerprint density at radius 3 is 2.62 bits per heavy atom. The van der Waals surface area contributed by atoms with Crippen molar-refractivity contribution >= 4 is 23.0 Å². The zero-order chi connectivity index (χ0) is 18.4. The molecule has 1 aliphatic carbocycles. The van der Waals surface area contributed by atoms with Gasteiger partial charge in [-0.25, -0.2) is 0 Å². The number of hydrogen-bond donors (Lipinski definition) is 1. The number of thiocarbonyl (C=S) groups is 1. The maximum absolute atomic E-state index is 11.2. The molecule has 2 N–H and O–H groups in total. The molecule has 0 radical (unpaired) electrons. The van der Waals surface area contributed by atoms with Crippen LogP contribution in [0.1, 0.15) is 24.8 Å². The highest BCUT2D eigenvalue weighted by Gasteiger charge is 2.22. The third-order valence-corrected chi connectivity index (χ3v) is 5.28. The highest BCUT2D eigenvalue weighted by atomic mass is 32.1. The van der Waals surface area contributed by atoms with Crippen LogP contribution < -0.4 is 10.5 Å². The SMILES string of the molecule is NC(=O)C1CCN(CCOc2ccc(CC3=CC(=S)CC=C3)cc2)CC1. The normalized spacial score (nSPS) is 18.6. The summed E-state index contributed by atoms with van der Waals surface area (Å²) in [5.74, 6) is 0.773. The van der Waals surface area contributed by atoms with Crippen LogP contribution in [0.3, 0.4) is 0 Å². The first-order valence-electron chi connectivity index (χ1n) is 9.23. The molecule has 0 spiro atoms. The van der Waals surface area contributed by atoms with Crippen LogP contribution in [-0.4, -0.2) is 41.9 Å². The Labute approximate surface area is 160 Å². The van der Waals surface area contributed by atoms with Gasteiger partial charge in [0, 0.05) is 23.7 Å². The molecule has 2 aliphatic rings. The second-order valence-corrected chi connectivity index (χ2v) is 7.50. The molecule has 0 atom stereocenters. The topological polar surface area (TPSA) is 55.6 Å². The average Bonchev–Trinajstić information content (AvgIpc) is 2.64. The Balaban J connectivity index is 1.40. The summed E-state index contributed by atoms with van der Waals surface area (Å²) in [6.07, 6.45) is 9.87. The molecule has 1 aliphatic heterocycles. The predicted molar refractivity (Wildman–Crippen MR) is 108 cm³/mol.